The molecule has 3 rings (SSSR count). The highest BCUT2D eigenvalue weighted by Gasteiger charge is 2.49. The summed E-state index contributed by atoms with van der Waals surface area (Å²) >= 11 is 0. The van der Waals surface area contributed by atoms with Gasteiger partial charge in [0, 0.05) is 17.3 Å². The van der Waals surface area contributed by atoms with Crippen molar-refractivity contribution in [3.05, 3.63) is 30.1 Å². The van der Waals surface area contributed by atoms with E-state index in [0.717, 1.165) is 17.0 Å². The number of nitrogens with zero attached hydrogens (tertiary/aromatic N) is 2. The summed E-state index contributed by atoms with van der Waals surface area (Å²) in [5.74, 6) is 0.964. The number of hydrogen-bond donors (Lipinski definition) is 1. The van der Waals surface area contributed by atoms with Gasteiger partial charge in [0.15, 0.2) is 6.29 Å². The molecule has 1 fully saturated rings. The summed E-state index contributed by atoms with van der Waals surface area (Å²) in [7, 11) is 0. The molecule has 0 amide bonds. The normalized spacial score (nSPS) is 21.0. The Morgan fingerprint density at radius 1 is 1.09 bits per heavy atom. The molecule has 23 heavy (non-hydrogen) atoms. The number of ether oxygens (including phenoxy) is 2. The Kier molecular flexibility index (Phi) is 3.50. The minimum Gasteiger partial charge on any atom is -0.365 e. The maximum Gasteiger partial charge on any atom is 0.186 e. The molecule has 0 aromatic carbocycles. The Morgan fingerprint density at radius 3 is 2.26 bits per heavy atom. The molecule has 0 spiro atoms. The van der Waals surface area contributed by atoms with E-state index in [2.05, 4.69) is 58.8 Å². The van der Waals surface area contributed by atoms with Gasteiger partial charge in [-0.1, -0.05) is 0 Å². The lowest BCUT2D eigenvalue weighted by atomic mass is 9.90. The average Bonchev–Trinajstić information content (AvgIpc) is 2.86. The lowest BCUT2D eigenvalue weighted by molar-refractivity contribution is -0.0897. The van der Waals surface area contributed by atoms with E-state index in [0.29, 0.717) is 0 Å². The summed E-state index contributed by atoms with van der Waals surface area (Å²) in [6.07, 6.45) is 3.53. The second kappa shape index (κ2) is 4.95. The molecule has 0 atom stereocenters. The molecule has 0 unspecified atom stereocenters. The van der Waals surface area contributed by atoms with Crippen LogP contribution < -0.4 is 5.32 Å². The van der Waals surface area contributed by atoms with Crippen LogP contribution >= 0.6 is 0 Å². The second-order valence-electron chi connectivity index (χ2n) is 8.30. The van der Waals surface area contributed by atoms with E-state index in [1.165, 1.54) is 0 Å². The van der Waals surface area contributed by atoms with Crippen molar-refractivity contribution in [1.82, 2.24) is 9.38 Å². The Morgan fingerprint density at radius 2 is 1.70 bits per heavy atom. The highest BCUT2D eigenvalue weighted by molar-refractivity contribution is 5.52. The third-order valence-corrected chi connectivity index (χ3v) is 4.56. The number of aromatic nitrogens is 2. The lowest BCUT2D eigenvalue weighted by Gasteiger charge is -2.30. The first-order chi connectivity index (χ1) is 10.5. The summed E-state index contributed by atoms with van der Waals surface area (Å²) in [5.41, 5.74) is 1.18. The van der Waals surface area contributed by atoms with Crippen molar-refractivity contribution < 1.29 is 9.47 Å². The van der Waals surface area contributed by atoms with Crippen LogP contribution in [0.3, 0.4) is 0 Å². The molecule has 0 bridgehead atoms. The van der Waals surface area contributed by atoms with Crippen LogP contribution in [-0.4, -0.2) is 26.1 Å². The highest BCUT2D eigenvalue weighted by atomic mass is 16.7. The van der Waals surface area contributed by atoms with Crippen molar-refractivity contribution in [2.45, 2.75) is 71.5 Å². The molecule has 2 aromatic heterocycles. The standard InChI is InChI=1S/C18H27N3O2/c1-16(2,3)20-14-10-19-13-9-8-12(11-21(13)14)15-22-17(4,5)18(6,7)23-15/h8-11,15,20H,1-7H3. The molecule has 2 aromatic rings. The van der Waals surface area contributed by atoms with Crippen LogP contribution in [0.4, 0.5) is 5.82 Å². The number of fused-ring (bicyclic) bond motifs is 1. The number of imidazole rings is 1. The van der Waals surface area contributed by atoms with E-state index < -0.39 is 0 Å². The van der Waals surface area contributed by atoms with E-state index in [1.54, 1.807) is 0 Å². The van der Waals surface area contributed by atoms with Crippen molar-refractivity contribution in [1.29, 1.82) is 0 Å². The molecule has 5 heteroatoms. The van der Waals surface area contributed by atoms with Gasteiger partial charge in [-0.15, -0.1) is 0 Å². The number of pyridine rings is 1. The number of hydrogen-bond acceptors (Lipinski definition) is 4. The van der Waals surface area contributed by atoms with Crippen LogP contribution in [0.2, 0.25) is 0 Å². The summed E-state index contributed by atoms with van der Waals surface area (Å²) in [5, 5.41) is 3.47. The monoisotopic (exact) mass is 317 g/mol. The lowest BCUT2D eigenvalue weighted by Crippen LogP contribution is -2.41. The zero-order valence-corrected chi connectivity index (χ0v) is 15.1. The Balaban J connectivity index is 1.96. The highest BCUT2D eigenvalue weighted by Crippen LogP contribution is 2.44. The van der Waals surface area contributed by atoms with Crippen molar-refractivity contribution in [2.24, 2.45) is 0 Å². The molecule has 1 saturated heterocycles. The van der Waals surface area contributed by atoms with Gasteiger partial charge in [0.25, 0.3) is 0 Å². The quantitative estimate of drug-likeness (QED) is 0.904. The zero-order chi connectivity index (χ0) is 17.0. The number of anilines is 1. The minimum absolute atomic E-state index is 0.0314. The first kappa shape index (κ1) is 16.3. The fourth-order valence-electron chi connectivity index (χ4n) is 2.59. The van der Waals surface area contributed by atoms with Gasteiger partial charge in [-0.3, -0.25) is 4.40 Å². The Bertz CT molecular complexity index is 709. The Labute approximate surface area is 138 Å². The van der Waals surface area contributed by atoms with Crippen molar-refractivity contribution in [3.63, 3.8) is 0 Å². The molecule has 3 heterocycles. The van der Waals surface area contributed by atoms with E-state index >= 15 is 0 Å². The van der Waals surface area contributed by atoms with E-state index in [9.17, 15) is 0 Å². The summed E-state index contributed by atoms with van der Waals surface area (Å²) in [6, 6.07) is 4.01. The van der Waals surface area contributed by atoms with Crippen LogP contribution in [0.5, 0.6) is 0 Å². The fourth-order valence-corrected chi connectivity index (χ4v) is 2.59. The third kappa shape index (κ3) is 2.95. The maximum absolute atomic E-state index is 6.14. The molecule has 1 N–H and O–H groups in total. The minimum atomic E-state index is -0.366. The topological polar surface area (TPSA) is 47.8 Å². The predicted molar refractivity (Wildman–Crippen MR) is 91.6 cm³/mol. The second-order valence-corrected chi connectivity index (χ2v) is 8.30. The molecule has 1 aliphatic rings. The SMILES string of the molecule is CC(C)(C)Nc1cnc2ccc(C3OC(C)(C)C(C)(C)O3)cn12. The van der Waals surface area contributed by atoms with Crippen molar-refractivity contribution in [3.8, 4) is 0 Å². The van der Waals surface area contributed by atoms with Crippen LogP contribution in [0.15, 0.2) is 24.5 Å². The Hall–Kier alpha value is -1.59. The van der Waals surface area contributed by atoms with Crippen LogP contribution in [0.1, 0.15) is 60.3 Å². The van der Waals surface area contributed by atoms with Gasteiger partial charge < -0.3 is 14.8 Å². The van der Waals surface area contributed by atoms with Crippen molar-refractivity contribution in [2.75, 3.05) is 5.32 Å². The average molecular weight is 317 g/mol. The van der Waals surface area contributed by atoms with Crippen LogP contribution in [-0.2, 0) is 9.47 Å². The molecule has 0 aliphatic carbocycles. The smallest absolute Gasteiger partial charge is 0.186 e. The third-order valence-electron chi connectivity index (χ3n) is 4.56. The van der Waals surface area contributed by atoms with E-state index in [1.807, 2.05) is 28.9 Å². The molecule has 0 radical (unpaired) electrons. The van der Waals surface area contributed by atoms with Gasteiger partial charge in [-0.05, 0) is 60.6 Å². The summed E-state index contributed by atoms with van der Waals surface area (Å²) in [6.45, 7) is 14.6. The van der Waals surface area contributed by atoms with Gasteiger partial charge in [0.05, 0.1) is 17.4 Å². The number of nitrogens with one attached hydrogen (secondary N) is 1. The van der Waals surface area contributed by atoms with Gasteiger partial charge in [0.2, 0.25) is 0 Å². The molecule has 5 nitrogen and oxygen atoms in total. The van der Waals surface area contributed by atoms with Gasteiger partial charge in [-0.2, -0.15) is 0 Å². The molecular formula is C18H27N3O2. The van der Waals surface area contributed by atoms with Gasteiger partial charge in [0.1, 0.15) is 11.5 Å². The zero-order valence-electron chi connectivity index (χ0n) is 15.1. The number of rotatable bonds is 2. The van der Waals surface area contributed by atoms with E-state index in [4.69, 9.17) is 9.47 Å². The predicted octanol–water partition coefficient (Wildman–Crippen LogP) is 4.15. The molecule has 126 valence electrons. The first-order valence-electron chi connectivity index (χ1n) is 8.09. The van der Waals surface area contributed by atoms with Crippen LogP contribution in [0, 0.1) is 0 Å². The first-order valence-corrected chi connectivity index (χ1v) is 8.09. The molecule has 0 saturated carbocycles. The summed E-state index contributed by atoms with van der Waals surface area (Å²) < 4.78 is 14.3. The van der Waals surface area contributed by atoms with Gasteiger partial charge >= 0.3 is 0 Å². The molecule has 1 aliphatic heterocycles. The summed E-state index contributed by atoms with van der Waals surface area (Å²) in [4.78, 5) is 4.45. The molecular weight excluding hydrogens is 290 g/mol. The largest absolute Gasteiger partial charge is 0.365 e. The van der Waals surface area contributed by atoms with E-state index in [-0.39, 0.29) is 23.0 Å². The van der Waals surface area contributed by atoms with Crippen molar-refractivity contribution >= 4 is 11.5 Å². The maximum atomic E-state index is 6.14. The fraction of sp³-hybridized carbons (Fsp3) is 0.611. The van der Waals surface area contributed by atoms with Gasteiger partial charge in [-0.25, -0.2) is 4.98 Å². The van der Waals surface area contributed by atoms with Crippen LogP contribution in [0.25, 0.3) is 5.65 Å².